The summed E-state index contributed by atoms with van der Waals surface area (Å²) in [6.07, 6.45) is 2.05. The third kappa shape index (κ3) is 4.09. The Balaban J connectivity index is 1.99. The highest BCUT2D eigenvalue weighted by Gasteiger charge is 2.16. The molecule has 0 aliphatic heterocycles. The van der Waals surface area contributed by atoms with Crippen LogP contribution in [-0.2, 0) is 17.9 Å². The van der Waals surface area contributed by atoms with Gasteiger partial charge in [-0.25, -0.2) is 0 Å². The third-order valence-corrected chi connectivity index (χ3v) is 4.18. The van der Waals surface area contributed by atoms with Crippen LogP contribution >= 0.6 is 11.3 Å². The van der Waals surface area contributed by atoms with Crippen LogP contribution in [0, 0.1) is 18.3 Å². The molecule has 2 heterocycles. The predicted octanol–water partition coefficient (Wildman–Crippen LogP) is 2.14. The van der Waals surface area contributed by atoms with E-state index in [1.54, 1.807) is 33.2 Å². The average Bonchev–Trinajstić information content (AvgIpc) is 3.12. The van der Waals surface area contributed by atoms with Crippen molar-refractivity contribution in [3.8, 4) is 6.07 Å². The fraction of sp³-hybridized carbons (Fsp3) is 0.400. The Kier molecular flexibility index (Phi) is 5.55. The summed E-state index contributed by atoms with van der Waals surface area (Å²) in [7, 11) is 0. The van der Waals surface area contributed by atoms with Crippen LogP contribution in [0.5, 0.6) is 0 Å². The molecule has 116 valence electrons. The van der Waals surface area contributed by atoms with Gasteiger partial charge in [0, 0.05) is 30.6 Å². The van der Waals surface area contributed by atoms with E-state index in [1.165, 1.54) is 0 Å². The lowest BCUT2D eigenvalue weighted by molar-refractivity contribution is -0.132. The van der Waals surface area contributed by atoms with Crippen molar-refractivity contribution in [1.82, 2.24) is 9.47 Å². The molecule has 0 unspecified atom stereocenters. The van der Waals surface area contributed by atoms with E-state index >= 15 is 0 Å². The summed E-state index contributed by atoms with van der Waals surface area (Å²) in [5, 5.41) is 10.5. The molecular formula is C15H17N3O3S. The smallest absolute Gasteiger partial charge is 0.307 e. The largest absolute Gasteiger partial charge is 0.467 e. The van der Waals surface area contributed by atoms with E-state index in [0.717, 1.165) is 17.0 Å². The fourth-order valence-electron chi connectivity index (χ4n) is 2.11. The van der Waals surface area contributed by atoms with Crippen molar-refractivity contribution in [3.63, 3.8) is 0 Å². The summed E-state index contributed by atoms with van der Waals surface area (Å²) in [5.74, 6) is 0.583. The molecule has 0 aromatic carbocycles. The van der Waals surface area contributed by atoms with E-state index in [1.807, 2.05) is 13.0 Å². The Hall–Kier alpha value is -2.33. The van der Waals surface area contributed by atoms with Gasteiger partial charge in [-0.2, -0.15) is 5.26 Å². The van der Waals surface area contributed by atoms with E-state index in [2.05, 4.69) is 0 Å². The van der Waals surface area contributed by atoms with E-state index in [0.29, 0.717) is 25.4 Å². The molecule has 0 spiro atoms. The minimum atomic E-state index is -0.0934. The van der Waals surface area contributed by atoms with Crippen LogP contribution in [-0.4, -0.2) is 21.9 Å². The van der Waals surface area contributed by atoms with Gasteiger partial charge in [0.05, 0.1) is 25.3 Å². The molecule has 2 aromatic heterocycles. The van der Waals surface area contributed by atoms with Gasteiger partial charge in [0.1, 0.15) is 5.76 Å². The van der Waals surface area contributed by atoms with Crippen LogP contribution in [0.15, 0.2) is 33.0 Å². The Morgan fingerprint density at radius 1 is 1.55 bits per heavy atom. The minimum absolute atomic E-state index is 0.0556. The molecule has 7 heteroatoms. The second-order valence-electron chi connectivity index (χ2n) is 4.85. The molecule has 0 radical (unpaired) electrons. The van der Waals surface area contributed by atoms with Crippen LogP contribution in [0.3, 0.4) is 0 Å². The molecule has 6 nitrogen and oxygen atoms in total. The van der Waals surface area contributed by atoms with Gasteiger partial charge in [-0.1, -0.05) is 11.3 Å². The predicted molar refractivity (Wildman–Crippen MR) is 82.3 cm³/mol. The van der Waals surface area contributed by atoms with Crippen LogP contribution in [0.4, 0.5) is 0 Å². The van der Waals surface area contributed by atoms with Gasteiger partial charge in [0.25, 0.3) is 0 Å². The first-order valence-electron chi connectivity index (χ1n) is 6.94. The molecule has 0 saturated carbocycles. The van der Waals surface area contributed by atoms with Crippen LogP contribution in [0.1, 0.15) is 24.3 Å². The number of carbonyl (C=O) groups is 1. The maximum atomic E-state index is 12.4. The van der Waals surface area contributed by atoms with E-state index < -0.39 is 0 Å². The lowest BCUT2D eigenvalue weighted by atomic mass is 10.3. The summed E-state index contributed by atoms with van der Waals surface area (Å²) >= 11 is 1.13. The number of hydrogen-bond acceptors (Lipinski definition) is 5. The average molecular weight is 319 g/mol. The van der Waals surface area contributed by atoms with Crippen molar-refractivity contribution < 1.29 is 9.21 Å². The second kappa shape index (κ2) is 7.61. The number of rotatable bonds is 7. The minimum Gasteiger partial charge on any atom is -0.467 e. The molecule has 1 amide bonds. The number of nitriles is 1. The van der Waals surface area contributed by atoms with E-state index in [9.17, 15) is 9.59 Å². The van der Waals surface area contributed by atoms with Crippen LogP contribution in [0.25, 0.3) is 0 Å². The van der Waals surface area contributed by atoms with Crippen molar-refractivity contribution in [2.45, 2.75) is 32.9 Å². The van der Waals surface area contributed by atoms with Gasteiger partial charge >= 0.3 is 4.87 Å². The number of carbonyl (C=O) groups excluding carboxylic acids is 1. The summed E-state index contributed by atoms with van der Waals surface area (Å²) in [6.45, 7) is 2.89. The zero-order chi connectivity index (χ0) is 15.9. The topological polar surface area (TPSA) is 79.2 Å². The van der Waals surface area contributed by atoms with Crippen molar-refractivity contribution in [2.75, 3.05) is 6.54 Å². The lowest BCUT2D eigenvalue weighted by Gasteiger charge is -2.20. The van der Waals surface area contributed by atoms with E-state index in [-0.39, 0.29) is 23.6 Å². The highest BCUT2D eigenvalue weighted by molar-refractivity contribution is 7.07. The molecule has 0 fully saturated rings. The molecule has 2 rings (SSSR count). The maximum Gasteiger partial charge on any atom is 0.307 e. The molecule has 0 aliphatic rings. The summed E-state index contributed by atoms with van der Waals surface area (Å²) in [6, 6.07) is 5.59. The Labute approximate surface area is 132 Å². The highest BCUT2D eigenvalue weighted by atomic mass is 32.1. The van der Waals surface area contributed by atoms with Gasteiger partial charge in [-0.15, -0.1) is 0 Å². The Bertz CT molecular complexity index is 709. The van der Waals surface area contributed by atoms with Crippen LogP contribution < -0.4 is 4.87 Å². The van der Waals surface area contributed by atoms with Gasteiger partial charge < -0.3 is 13.9 Å². The molecule has 22 heavy (non-hydrogen) atoms. The fourth-order valence-corrected chi connectivity index (χ4v) is 2.87. The summed E-state index contributed by atoms with van der Waals surface area (Å²) < 4.78 is 6.85. The number of aromatic nitrogens is 1. The van der Waals surface area contributed by atoms with Crippen molar-refractivity contribution >= 4 is 17.2 Å². The molecular weight excluding hydrogens is 302 g/mol. The molecule has 2 aromatic rings. The maximum absolute atomic E-state index is 12.4. The number of thiazole rings is 1. The molecule has 0 aliphatic carbocycles. The third-order valence-electron chi connectivity index (χ3n) is 3.30. The Morgan fingerprint density at radius 2 is 2.36 bits per heavy atom. The van der Waals surface area contributed by atoms with Gasteiger partial charge in [0.2, 0.25) is 5.91 Å². The standard InChI is InChI=1S/C15H17N3O3S/c1-12-11-22-15(20)18(12)8-5-14(19)17(7-3-6-16)10-13-4-2-9-21-13/h2,4,9,11H,3,5,7-8,10H2,1H3. The molecule has 0 atom stereocenters. The Morgan fingerprint density at radius 3 is 2.95 bits per heavy atom. The second-order valence-corrected chi connectivity index (χ2v) is 5.67. The zero-order valence-corrected chi connectivity index (χ0v) is 13.1. The quantitative estimate of drug-likeness (QED) is 0.783. The number of aryl methyl sites for hydroxylation is 1. The van der Waals surface area contributed by atoms with Crippen molar-refractivity contribution in [3.05, 3.63) is 44.9 Å². The molecule has 0 bridgehead atoms. The van der Waals surface area contributed by atoms with Crippen molar-refractivity contribution in [2.24, 2.45) is 0 Å². The monoisotopic (exact) mass is 319 g/mol. The lowest BCUT2D eigenvalue weighted by Crippen LogP contribution is -2.32. The first-order chi connectivity index (χ1) is 10.6. The zero-order valence-electron chi connectivity index (χ0n) is 12.3. The SMILES string of the molecule is Cc1csc(=O)n1CCC(=O)N(CCC#N)Cc1ccco1. The first-order valence-corrected chi connectivity index (χ1v) is 7.82. The van der Waals surface area contributed by atoms with E-state index in [4.69, 9.17) is 9.68 Å². The highest BCUT2D eigenvalue weighted by Crippen LogP contribution is 2.09. The first kappa shape index (κ1) is 16.0. The van der Waals surface area contributed by atoms with Gasteiger partial charge in [-0.05, 0) is 19.1 Å². The van der Waals surface area contributed by atoms with Gasteiger partial charge in [-0.3, -0.25) is 9.59 Å². The number of furan rings is 1. The molecule has 0 saturated heterocycles. The van der Waals surface area contributed by atoms with Gasteiger partial charge in [0.15, 0.2) is 0 Å². The molecule has 0 N–H and O–H groups in total. The number of hydrogen-bond donors (Lipinski definition) is 0. The van der Waals surface area contributed by atoms with Crippen LogP contribution in [0.2, 0.25) is 0 Å². The number of amides is 1. The van der Waals surface area contributed by atoms with Crippen molar-refractivity contribution in [1.29, 1.82) is 5.26 Å². The summed E-state index contributed by atoms with van der Waals surface area (Å²) in [4.78, 5) is 25.5. The summed E-state index contributed by atoms with van der Waals surface area (Å²) in [5.41, 5.74) is 0.859. The number of nitrogens with zero attached hydrogens (tertiary/aromatic N) is 3. The normalized spacial score (nSPS) is 10.4.